The molecular formula is C11H22ClN. The number of nitrogens with zero attached hydrogens (tertiary/aromatic N) is 1. The number of unbranched alkanes of at least 4 members (excludes halogenated alkanes) is 3. The molecule has 2 heteroatoms. The minimum absolute atomic E-state index is 0.833. The maximum Gasteiger partial charge on any atom is 0.0223 e. The van der Waals surface area contributed by atoms with Crippen molar-refractivity contribution in [2.75, 3.05) is 19.0 Å². The van der Waals surface area contributed by atoms with E-state index >= 15 is 0 Å². The molecule has 1 aliphatic heterocycles. The molecule has 1 heterocycles. The second-order valence-electron chi connectivity index (χ2n) is 4.13. The first-order chi connectivity index (χ1) is 6.34. The largest absolute Gasteiger partial charge is 0.301 e. The molecule has 0 aromatic rings. The maximum absolute atomic E-state index is 5.62. The van der Waals surface area contributed by atoms with Gasteiger partial charge in [-0.05, 0) is 45.7 Å². The highest BCUT2D eigenvalue weighted by molar-refractivity contribution is 6.17. The van der Waals surface area contributed by atoms with Crippen LogP contribution in [-0.4, -0.2) is 29.9 Å². The Hall–Kier alpha value is 0.250. The first-order valence-corrected chi connectivity index (χ1v) is 6.18. The molecule has 1 saturated heterocycles. The third kappa shape index (κ3) is 4.33. The molecule has 0 radical (unpaired) electrons. The van der Waals surface area contributed by atoms with Crippen LogP contribution in [0.4, 0.5) is 0 Å². The minimum atomic E-state index is 0.833. The van der Waals surface area contributed by atoms with Crippen LogP contribution in [0.25, 0.3) is 0 Å². The second-order valence-corrected chi connectivity index (χ2v) is 4.51. The molecule has 0 amide bonds. The number of hydrogen-bond donors (Lipinski definition) is 0. The fraction of sp³-hybridized carbons (Fsp3) is 1.00. The van der Waals surface area contributed by atoms with Gasteiger partial charge >= 0.3 is 0 Å². The summed E-state index contributed by atoms with van der Waals surface area (Å²) in [5.74, 6) is 0.833. The quantitative estimate of drug-likeness (QED) is 0.473. The van der Waals surface area contributed by atoms with Gasteiger partial charge in [-0.2, -0.15) is 0 Å². The summed E-state index contributed by atoms with van der Waals surface area (Å²) in [4.78, 5) is 2.63. The third-order valence-electron chi connectivity index (χ3n) is 3.02. The monoisotopic (exact) mass is 203 g/mol. The maximum atomic E-state index is 5.62. The summed E-state index contributed by atoms with van der Waals surface area (Å²) >= 11 is 5.62. The number of alkyl halides is 1. The molecule has 13 heavy (non-hydrogen) atoms. The van der Waals surface area contributed by atoms with E-state index < -0.39 is 0 Å². The topological polar surface area (TPSA) is 3.24 Å². The van der Waals surface area contributed by atoms with Crippen LogP contribution in [0.5, 0.6) is 0 Å². The van der Waals surface area contributed by atoms with E-state index in [4.69, 9.17) is 11.6 Å². The van der Waals surface area contributed by atoms with E-state index in [9.17, 15) is 0 Å². The summed E-state index contributed by atoms with van der Waals surface area (Å²) in [5, 5.41) is 0. The zero-order valence-corrected chi connectivity index (χ0v) is 9.52. The fourth-order valence-corrected chi connectivity index (χ4v) is 2.28. The predicted molar refractivity (Wildman–Crippen MR) is 59.5 cm³/mol. The van der Waals surface area contributed by atoms with Gasteiger partial charge in [-0.25, -0.2) is 0 Å². The number of hydrogen-bond acceptors (Lipinski definition) is 1. The molecule has 1 rings (SSSR count). The van der Waals surface area contributed by atoms with E-state index in [1.54, 1.807) is 0 Å². The van der Waals surface area contributed by atoms with Gasteiger partial charge in [-0.3, -0.25) is 0 Å². The molecule has 0 spiro atoms. The Morgan fingerprint density at radius 2 is 2.00 bits per heavy atom. The third-order valence-corrected chi connectivity index (χ3v) is 3.29. The Kier molecular flexibility index (Phi) is 5.81. The normalized spacial score (nSPS) is 24.0. The van der Waals surface area contributed by atoms with E-state index in [2.05, 4.69) is 11.8 Å². The van der Waals surface area contributed by atoms with Crippen LogP contribution in [0.15, 0.2) is 0 Å². The summed E-state index contributed by atoms with van der Waals surface area (Å²) < 4.78 is 0. The number of rotatable bonds is 6. The predicted octanol–water partition coefficient (Wildman–Crippen LogP) is 3.27. The molecular weight excluding hydrogens is 182 g/mol. The van der Waals surface area contributed by atoms with E-state index in [0.717, 1.165) is 11.9 Å². The zero-order valence-electron chi connectivity index (χ0n) is 8.77. The van der Waals surface area contributed by atoms with Crippen molar-refractivity contribution in [1.29, 1.82) is 0 Å². The van der Waals surface area contributed by atoms with Gasteiger partial charge in [-0.1, -0.05) is 12.8 Å². The summed E-state index contributed by atoms with van der Waals surface area (Å²) in [5.41, 5.74) is 0. The van der Waals surface area contributed by atoms with Gasteiger partial charge in [-0.15, -0.1) is 11.6 Å². The van der Waals surface area contributed by atoms with E-state index in [0.29, 0.717) is 0 Å². The highest BCUT2D eigenvalue weighted by Crippen LogP contribution is 2.17. The van der Waals surface area contributed by atoms with Crippen LogP contribution in [0.3, 0.4) is 0 Å². The average molecular weight is 204 g/mol. The van der Waals surface area contributed by atoms with Crippen LogP contribution >= 0.6 is 11.6 Å². The lowest BCUT2D eigenvalue weighted by atomic mass is 10.2. The Balaban J connectivity index is 1.93. The molecule has 1 unspecified atom stereocenters. The zero-order chi connectivity index (χ0) is 9.52. The Bertz CT molecular complexity index is 127. The fourth-order valence-electron chi connectivity index (χ4n) is 2.09. The molecule has 0 saturated carbocycles. The lowest BCUT2D eigenvalue weighted by Gasteiger charge is -2.20. The lowest BCUT2D eigenvalue weighted by Crippen LogP contribution is -2.27. The van der Waals surface area contributed by atoms with Crippen LogP contribution in [0, 0.1) is 0 Å². The molecule has 1 aliphatic rings. The van der Waals surface area contributed by atoms with E-state index in [1.807, 2.05) is 0 Å². The van der Waals surface area contributed by atoms with Gasteiger partial charge in [0.2, 0.25) is 0 Å². The molecule has 0 aromatic carbocycles. The summed E-state index contributed by atoms with van der Waals surface area (Å²) in [6.07, 6.45) is 8.03. The summed E-state index contributed by atoms with van der Waals surface area (Å²) in [6.45, 7) is 4.99. The first kappa shape index (κ1) is 11.3. The Labute approximate surface area is 87.4 Å². The number of halogens is 1. The summed E-state index contributed by atoms with van der Waals surface area (Å²) in [6, 6.07) is 0.841. The van der Waals surface area contributed by atoms with Gasteiger partial charge in [0.05, 0.1) is 0 Å². The second kappa shape index (κ2) is 6.67. The molecule has 0 N–H and O–H groups in total. The van der Waals surface area contributed by atoms with Crippen molar-refractivity contribution in [2.24, 2.45) is 0 Å². The number of likely N-dealkylation sites (tertiary alicyclic amines) is 1. The molecule has 1 atom stereocenters. The molecule has 0 aliphatic carbocycles. The van der Waals surface area contributed by atoms with E-state index in [1.165, 1.54) is 51.6 Å². The molecule has 1 fully saturated rings. The first-order valence-electron chi connectivity index (χ1n) is 5.64. The van der Waals surface area contributed by atoms with Crippen molar-refractivity contribution in [3.63, 3.8) is 0 Å². The van der Waals surface area contributed by atoms with Crippen molar-refractivity contribution in [3.05, 3.63) is 0 Å². The van der Waals surface area contributed by atoms with Crippen LogP contribution in [0.1, 0.15) is 45.4 Å². The summed E-state index contributed by atoms with van der Waals surface area (Å²) in [7, 11) is 0. The van der Waals surface area contributed by atoms with Crippen molar-refractivity contribution in [3.8, 4) is 0 Å². The average Bonchev–Trinajstić information content (AvgIpc) is 2.52. The van der Waals surface area contributed by atoms with Gasteiger partial charge in [0.15, 0.2) is 0 Å². The van der Waals surface area contributed by atoms with Gasteiger partial charge < -0.3 is 4.90 Å². The Morgan fingerprint density at radius 1 is 1.23 bits per heavy atom. The van der Waals surface area contributed by atoms with Crippen LogP contribution in [-0.2, 0) is 0 Å². The van der Waals surface area contributed by atoms with Crippen molar-refractivity contribution >= 4 is 11.6 Å². The molecule has 78 valence electrons. The van der Waals surface area contributed by atoms with E-state index in [-0.39, 0.29) is 0 Å². The van der Waals surface area contributed by atoms with Crippen LogP contribution in [0.2, 0.25) is 0 Å². The molecule has 0 bridgehead atoms. The van der Waals surface area contributed by atoms with Crippen molar-refractivity contribution in [2.45, 2.75) is 51.5 Å². The molecule has 1 nitrogen and oxygen atoms in total. The SMILES string of the molecule is CC1CCCN1CCCCCCCl. The van der Waals surface area contributed by atoms with Gasteiger partial charge in [0.25, 0.3) is 0 Å². The van der Waals surface area contributed by atoms with Crippen LogP contribution < -0.4 is 0 Å². The molecule has 0 aromatic heterocycles. The Morgan fingerprint density at radius 3 is 2.62 bits per heavy atom. The van der Waals surface area contributed by atoms with Gasteiger partial charge in [0, 0.05) is 11.9 Å². The smallest absolute Gasteiger partial charge is 0.0223 e. The standard InChI is InChI=1S/C11H22ClN/c1-11-7-6-10-13(11)9-5-3-2-4-8-12/h11H,2-10H2,1H3. The minimum Gasteiger partial charge on any atom is -0.301 e. The lowest BCUT2D eigenvalue weighted by molar-refractivity contribution is 0.262. The van der Waals surface area contributed by atoms with Gasteiger partial charge in [0.1, 0.15) is 0 Å². The highest BCUT2D eigenvalue weighted by atomic mass is 35.5. The highest BCUT2D eigenvalue weighted by Gasteiger charge is 2.18. The van der Waals surface area contributed by atoms with Crippen molar-refractivity contribution < 1.29 is 0 Å². The van der Waals surface area contributed by atoms with Crippen molar-refractivity contribution in [1.82, 2.24) is 4.90 Å².